The Hall–Kier alpha value is -0.0500. The minimum atomic E-state index is -2.36. The molecular weight excluding hydrogens is 1020 g/mol. The SMILES string of the molecule is CCCCCCCCCCCCCCCCC(O)[C@@H](O)[C@](O)(CCCCCCCCCCCCCCCC)[C@@](O)(CCCCCCCCCCCCCCCC)[C@](O)(CCCCCCCCCCCCCCCC)C(=O)Br. The van der Waals surface area contributed by atoms with Gasteiger partial charge in [0.15, 0.2) is 5.60 Å². The molecule has 7 heteroatoms. The number of halogens is 1. The molecule has 0 aromatic rings. The Morgan fingerprint density at radius 2 is 0.494 bits per heavy atom. The number of carbonyl (C=O) groups excluding carboxylic acids is 1. The number of unbranched alkanes of at least 4 members (excludes halogenated alkanes) is 52. The normalized spacial score (nSPS) is 15.1. The molecule has 77 heavy (non-hydrogen) atoms. The average molecular weight is 1160 g/mol. The topological polar surface area (TPSA) is 118 Å². The molecular formula is C70H139BrO6. The van der Waals surface area contributed by atoms with Crippen molar-refractivity contribution < 1.29 is 30.3 Å². The monoisotopic (exact) mass is 1150 g/mol. The van der Waals surface area contributed by atoms with E-state index in [1.54, 1.807) is 0 Å². The Kier molecular flexibility index (Phi) is 56.4. The Labute approximate surface area is 490 Å². The Balaban J connectivity index is 5.93. The summed E-state index contributed by atoms with van der Waals surface area (Å²) in [7, 11) is 0. The third-order valence-corrected chi connectivity index (χ3v) is 18.8. The van der Waals surface area contributed by atoms with Crippen LogP contribution in [0.5, 0.6) is 0 Å². The summed E-state index contributed by atoms with van der Waals surface area (Å²) >= 11 is 3.18. The number of aliphatic hydroxyl groups is 5. The number of hydrogen-bond donors (Lipinski definition) is 5. The summed E-state index contributed by atoms with van der Waals surface area (Å²) in [5, 5.41) is 63.5. The molecule has 0 radical (unpaired) electrons. The van der Waals surface area contributed by atoms with Crippen LogP contribution in [0.1, 0.15) is 413 Å². The molecule has 0 spiro atoms. The van der Waals surface area contributed by atoms with Gasteiger partial charge >= 0.3 is 0 Å². The zero-order valence-electron chi connectivity index (χ0n) is 52.6. The van der Waals surface area contributed by atoms with Crippen LogP contribution in [0.25, 0.3) is 0 Å². The minimum Gasteiger partial charge on any atom is -0.390 e. The maximum Gasteiger partial charge on any atom is 0.232 e. The maximum atomic E-state index is 13.9. The molecule has 0 aliphatic rings. The summed E-state index contributed by atoms with van der Waals surface area (Å²) in [6.45, 7) is 9.08. The van der Waals surface area contributed by atoms with E-state index in [-0.39, 0.29) is 19.3 Å². The molecule has 0 rings (SSSR count). The first-order valence-corrected chi connectivity index (χ1v) is 36.0. The molecule has 0 aliphatic carbocycles. The first-order chi connectivity index (χ1) is 37.5. The van der Waals surface area contributed by atoms with Crippen LogP contribution in [-0.2, 0) is 4.79 Å². The number of hydrogen-bond acceptors (Lipinski definition) is 6. The molecule has 0 saturated carbocycles. The van der Waals surface area contributed by atoms with Gasteiger partial charge in [0.1, 0.15) is 17.3 Å². The van der Waals surface area contributed by atoms with Crippen LogP contribution in [0.15, 0.2) is 0 Å². The van der Waals surface area contributed by atoms with Gasteiger partial charge in [-0.1, -0.05) is 381 Å². The maximum absolute atomic E-state index is 13.9. The van der Waals surface area contributed by atoms with Gasteiger partial charge in [-0.2, -0.15) is 0 Å². The number of carbonyl (C=O) groups is 1. The zero-order valence-corrected chi connectivity index (χ0v) is 54.2. The van der Waals surface area contributed by atoms with Crippen molar-refractivity contribution in [2.75, 3.05) is 0 Å². The van der Waals surface area contributed by atoms with Crippen LogP contribution < -0.4 is 0 Å². The smallest absolute Gasteiger partial charge is 0.232 e. The molecule has 6 nitrogen and oxygen atoms in total. The van der Waals surface area contributed by atoms with E-state index in [0.29, 0.717) is 32.1 Å². The molecule has 462 valence electrons. The quantitative estimate of drug-likeness (QED) is 0.0306. The lowest BCUT2D eigenvalue weighted by Gasteiger charge is -2.54. The molecule has 0 heterocycles. The van der Waals surface area contributed by atoms with Crippen LogP contribution in [0.2, 0.25) is 0 Å². The third kappa shape index (κ3) is 40.8. The van der Waals surface area contributed by atoms with E-state index in [0.717, 1.165) is 77.0 Å². The fraction of sp³-hybridized carbons (Fsp3) is 0.986. The molecule has 0 aromatic carbocycles. The van der Waals surface area contributed by atoms with Crippen molar-refractivity contribution in [3.63, 3.8) is 0 Å². The minimum absolute atomic E-state index is 0.00690. The lowest BCUT2D eigenvalue weighted by Crippen LogP contribution is -2.74. The van der Waals surface area contributed by atoms with Gasteiger partial charge in [0.25, 0.3) is 0 Å². The molecule has 0 fully saturated rings. The third-order valence-electron chi connectivity index (χ3n) is 18.1. The second-order valence-electron chi connectivity index (χ2n) is 25.4. The van der Waals surface area contributed by atoms with Crippen molar-refractivity contribution in [2.45, 2.75) is 442 Å². The molecule has 5 N–H and O–H groups in total. The van der Waals surface area contributed by atoms with Crippen molar-refractivity contribution in [1.82, 2.24) is 0 Å². The fourth-order valence-corrected chi connectivity index (χ4v) is 13.1. The van der Waals surface area contributed by atoms with Gasteiger partial charge in [0.05, 0.1) is 6.10 Å². The molecule has 5 atom stereocenters. The Bertz CT molecular complexity index is 1200. The predicted octanol–water partition coefficient (Wildman–Crippen LogP) is 22.3. The van der Waals surface area contributed by atoms with Crippen LogP contribution >= 0.6 is 15.9 Å². The molecule has 0 bridgehead atoms. The van der Waals surface area contributed by atoms with Gasteiger partial charge in [0.2, 0.25) is 4.69 Å². The highest BCUT2D eigenvalue weighted by atomic mass is 79.9. The molecule has 1 unspecified atom stereocenters. The first kappa shape index (κ1) is 77.0. The van der Waals surface area contributed by atoms with Crippen molar-refractivity contribution in [2.24, 2.45) is 0 Å². The molecule has 0 aromatic heterocycles. The summed E-state index contributed by atoms with van der Waals surface area (Å²) in [5.41, 5.74) is -6.98. The number of rotatable bonds is 65. The van der Waals surface area contributed by atoms with E-state index < -0.39 is 33.7 Å². The largest absolute Gasteiger partial charge is 0.390 e. The molecule has 0 saturated heterocycles. The van der Waals surface area contributed by atoms with Crippen LogP contribution in [-0.4, -0.2) is 59.2 Å². The lowest BCUT2D eigenvalue weighted by atomic mass is 9.62. The van der Waals surface area contributed by atoms with E-state index in [1.807, 2.05) is 0 Å². The summed E-state index contributed by atoms with van der Waals surface area (Å²) in [6, 6.07) is 0. The zero-order chi connectivity index (χ0) is 56.7. The Morgan fingerprint density at radius 1 is 0.299 bits per heavy atom. The fourth-order valence-electron chi connectivity index (χ4n) is 12.6. The van der Waals surface area contributed by atoms with Crippen molar-refractivity contribution >= 4 is 20.6 Å². The van der Waals surface area contributed by atoms with E-state index >= 15 is 0 Å². The summed E-state index contributed by atoms with van der Waals surface area (Å²) in [6.07, 6.45) is 63.9. The van der Waals surface area contributed by atoms with E-state index in [2.05, 4.69) is 43.6 Å². The molecule has 0 amide bonds. The van der Waals surface area contributed by atoms with E-state index in [1.165, 1.54) is 257 Å². The van der Waals surface area contributed by atoms with Crippen molar-refractivity contribution in [3.05, 3.63) is 0 Å². The highest BCUT2D eigenvalue weighted by Crippen LogP contribution is 2.47. The van der Waals surface area contributed by atoms with Gasteiger partial charge < -0.3 is 25.5 Å². The van der Waals surface area contributed by atoms with Gasteiger partial charge in [-0.15, -0.1) is 0 Å². The van der Waals surface area contributed by atoms with Crippen LogP contribution in [0.4, 0.5) is 0 Å². The lowest BCUT2D eigenvalue weighted by molar-refractivity contribution is -0.282. The second kappa shape index (κ2) is 56.4. The van der Waals surface area contributed by atoms with Gasteiger partial charge in [-0.05, 0) is 48.0 Å². The summed E-state index contributed by atoms with van der Waals surface area (Å²) < 4.78 is -0.736. The first-order valence-electron chi connectivity index (χ1n) is 35.2. The van der Waals surface area contributed by atoms with Crippen LogP contribution in [0, 0.1) is 0 Å². The summed E-state index contributed by atoms with van der Waals surface area (Å²) in [5.74, 6) is 0. The Morgan fingerprint density at radius 3 is 0.727 bits per heavy atom. The predicted molar refractivity (Wildman–Crippen MR) is 341 cm³/mol. The van der Waals surface area contributed by atoms with Gasteiger partial charge in [-0.25, -0.2) is 0 Å². The average Bonchev–Trinajstić information content (AvgIpc) is 3.42. The van der Waals surface area contributed by atoms with Gasteiger partial charge in [0, 0.05) is 0 Å². The van der Waals surface area contributed by atoms with E-state index in [4.69, 9.17) is 0 Å². The van der Waals surface area contributed by atoms with E-state index in [9.17, 15) is 30.3 Å². The number of aliphatic hydroxyl groups excluding tert-OH is 2. The van der Waals surface area contributed by atoms with Crippen molar-refractivity contribution in [1.29, 1.82) is 0 Å². The highest BCUT2D eigenvalue weighted by Gasteiger charge is 2.66. The standard InChI is InChI=1S/C70H139BrO6/c1-5-9-13-17-21-25-29-33-37-41-45-49-53-57-61-65(72)66(73)68(75,62-58-54-50-46-42-38-34-30-26-22-18-14-10-6-2)70(77,64-60-56-52-48-44-40-36-32-28-24-20-16-12-8-4)69(76,67(71)74)63-59-55-51-47-43-39-35-31-27-23-19-15-11-7-3/h65-66,72-73,75-77H,5-64H2,1-4H3/t65?,66-,68-,69+,70+/m1/s1. The molecule has 0 aliphatic heterocycles. The summed E-state index contributed by atoms with van der Waals surface area (Å²) in [4.78, 5) is 13.9. The van der Waals surface area contributed by atoms with Crippen molar-refractivity contribution in [3.8, 4) is 0 Å². The highest BCUT2D eigenvalue weighted by molar-refractivity contribution is 9.18. The second-order valence-corrected chi connectivity index (χ2v) is 26.1. The van der Waals surface area contributed by atoms with Crippen LogP contribution in [0.3, 0.4) is 0 Å². The van der Waals surface area contributed by atoms with Gasteiger partial charge in [-0.3, -0.25) is 4.79 Å².